The Balaban J connectivity index is 4.57. The second kappa shape index (κ2) is 30.4. The van der Waals surface area contributed by atoms with Crippen molar-refractivity contribution in [3.05, 3.63) is 60.8 Å². The van der Waals surface area contributed by atoms with Crippen molar-refractivity contribution in [1.29, 1.82) is 0 Å². The van der Waals surface area contributed by atoms with E-state index < -0.39 is 18.1 Å². The van der Waals surface area contributed by atoms with Gasteiger partial charge in [-0.15, -0.1) is 0 Å². The fourth-order valence-electron chi connectivity index (χ4n) is 4.68. The van der Waals surface area contributed by atoms with Crippen molar-refractivity contribution >= 4 is 17.9 Å². The summed E-state index contributed by atoms with van der Waals surface area (Å²) in [5, 5.41) is 9.56. The average molecular weight is 661 g/mol. The normalized spacial score (nSPS) is 13.8. The van der Waals surface area contributed by atoms with Gasteiger partial charge in [0, 0.05) is 19.3 Å². The Morgan fingerprint density at radius 2 is 1.15 bits per heavy atom. The van der Waals surface area contributed by atoms with Crippen molar-refractivity contribution in [3.63, 3.8) is 0 Å². The number of carbonyl (C=O) groups excluding carboxylic acids is 2. The minimum atomic E-state index is -0.888. The third kappa shape index (κ3) is 28.9. The number of hydrogen-bond donors (Lipinski definition) is 1. The summed E-state index contributed by atoms with van der Waals surface area (Å²) in [5.74, 6) is -1.57. The fraction of sp³-hybridized carbons (Fsp3) is 0.667. The van der Waals surface area contributed by atoms with Crippen molar-refractivity contribution < 1.29 is 38.2 Å². The molecular weight excluding hydrogens is 594 g/mol. The van der Waals surface area contributed by atoms with Crippen LogP contribution >= 0.6 is 0 Å². The highest BCUT2D eigenvalue weighted by molar-refractivity contribution is 5.72. The van der Waals surface area contributed by atoms with E-state index in [1.54, 1.807) is 0 Å². The molecule has 0 aliphatic heterocycles. The van der Waals surface area contributed by atoms with Crippen LogP contribution in [0.25, 0.3) is 0 Å². The number of quaternary nitrogens is 1. The summed E-state index contributed by atoms with van der Waals surface area (Å²) in [7, 11) is 5.48. The van der Waals surface area contributed by atoms with E-state index in [4.69, 9.17) is 14.2 Å². The molecule has 0 saturated heterocycles. The number of carbonyl (C=O) groups is 3. The molecule has 0 fully saturated rings. The zero-order chi connectivity index (χ0) is 35.0. The van der Waals surface area contributed by atoms with Crippen molar-refractivity contribution in [2.24, 2.45) is 0 Å². The maximum absolute atomic E-state index is 12.6. The van der Waals surface area contributed by atoms with Crippen molar-refractivity contribution in [3.8, 4) is 0 Å². The van der Waals surface area contributed by atoms with Crippen LogP contribution in [0.2, 0.25) is 0 Å². The van der Waals surface area contributed by atoms with Crippen LogP contribution in [-0.4, -0.2) is 80.6 Å². The molecule has 0 amide bonds. The largest absolute Gasteiger partial charge is 0.477 e. The van der Waals surface area contributed by atoms with Crippen molar-refractivity contribution in [2.45, 2.75) is 129 Å². The Kier molecular flexibility index (Phi) is 28.4. The summed E-state index contributed by atoms with van der Waals surface area (Å²) < 4.78 is 17.1. The Morgan fingerprint density at radius 3 is 1.72 bits per heavy atom. The zero-order valence-electron chi connectivity index (χ0n) is 30.2. The van der Waals surface area contributed by atoms with Gasteiger partial charge in [0.05, 0.1) is 34.4 Å². The van der Waals surface area contributed by atoms with Crippen LogP contribution in [0, 0.1) is 0 Å². The molecule has 0 aromatic carbocycles. The summed E-state index contributed by atoms with van der Waals surface area (Å²) in [4.78, 5) is 36.6. The van der Waals surface area contributed by atoms with E-state index in [0.29, 0.717) is 19.3 Å². The molecule has 0 heterocycles. The highest BCUT2D eigenvalue weighted by Crippen LogP contribution is 2.12. The standard InChI is InChI=1S/C39H65NO7/c1-6-8-10-12-14-16-18-20-22-24-26-28-30-38(42)47-35(33-45-32-31-36(39(43)44)40(3,4)5)34-46-37(41)29-27-25-23-21-19-17-15-13-11-9-7-2/h8-11,14-17,21,23,35-36H,6-7,12-13,18-20,22,24-34H2,1-5H3/p+1/b10-8+,11-9+,16-14+,17-15+,23-21+. The molecule has 0 rings (SSSR count). The minimum Gasteiger partial charge on any atom is -0.477 e. The van der Waals surface area contributed by atoms with E-state index in [1.165, 1.54) is 0 Å². The maximum Gasteiger partial charge on any atom is 0.362 e. The molecule has 8 nitrogen and oxygen atoms in total. The number of likely N-dealkylation sites (N-methyl/N-ethyl adjacent to an activating group) is 1. The third-order valence-electron chi connectivity index (χ3n) is 7.41. The quantitative estimate of drug-likeness (QED) is 0.0356. The molecule has 0 aliphatic rings. The summed E-state index contributed by atoms with van der Waals surface area (Å²) in [6.45, 7) is 4.39. The second-order valence-corrected chi connectivity index (χ2v) is 12.7. The summed E-state index contributed by atoms with van der Waals surface area (Å²) in [5.41, 5.74) is 0. The van der Waals surface area contributed by atoms with E-state index >= 15 is 0 Å². The molecule has 47 heavy (non-hydrogen) atoms. The lowest BCUT2D eigenvalue weighted by Gasteiger charge is -2.31. The van der Waals surface area contributed by atoms with Gasteiger partial charge in [-0.1, -0.05) is 93.9 Å². The molecule has 8 heteroatoms. The monoisotopic (exact) mass is 660 g/mol. The minimum absolute atomic E-state index is 0.0365. The molecule has 0 saturated carbocycles. The lowest BCUT2D eigenvalue weighted by Crippen LogP contribution is -2.50. The molecule has 1 N–H and O–H groups in total. The molecule has 0 aromatic rings. The number of carboxylic acids is 1. The first kappa shape index (κ1) is 44.0. The van der Waals surface area contributed by atoms with Gasteiger partial charge >= 0.3 is 17.9 Å². The van der Waals surface area contributed by atoms with Gasteiger partial charge in [0.1, 0.15) is 6.61 Å². The first-order chi connectivity index (χ1) is 22.6. The Bertz CT molecular complexity index is 959. The third-order valence-corrected chi connectivity index (χ3v) is 7.41. The lowest BCUT2D eigenvalue weighted by molar-refractivity contribution is -0.887. The predicted molar refractivity (Wildman–Crippen MR) is 192 cm³/mol. The molecule has 0 spiro atoms. The van der Waals surface area contributed by atoms with E-state index in [1.807, 2.05) is 21.1 Å². The van der Waals surface area contributed by atoms with Gasteiger partial charge in [0.25, 0.3) is 0 Å². The number of unbranched alkanes of at least 4 members (excludes halogenated alkanes) is 6. The van der Waals surface area contributed by atoms with Gasteiger partial charge in [0.2, 0.25) is 0 Å². The maximum atomic E-state index is 12.6. The fourth-order valence-corrected chi connectivity index (χ4v) is 4.68. The van der Waals surface area contributed by atoms with Crippen LogP contribution < -0.4 is 0 Å². The van der Waals surface area contributed by atoms with Crippen molar-refractivity contribution in [1.82, 2.24) is 0 Å². The molecule has 0 aromatic heterocycles. The number of rotatable bonds is 30. The van der Waals surface area contributed by atoms with E-state index in [0.717, 1.165) is 77.0 Å². The Morgan fingerprint density at radius 1 is 0.638 bits per heavy atom. The number of allylic oxidation sites excluding steroid dienone is 10. The molecule has 0 aliphatic carbocycles. The zero-order valence-corrected chi connectivity index (χ0v) is 30.2. The van der Waals surface area contributed by atoms with E-state index in [9.17, 15) is 19.5 Å². The van der Waals surface area contributed by atoms with Gasteiger partial charge in [-0.3, -0.25) is 9.59 Å². The summed E-state index contributed by atoms with van der Waals surface area (Å²) >= 11 is 0. The van der Waals surface area contributed by atoms with Crippen LogP contribution in [0.1, 0.15) is 117 Å². The molecule has 0 bridgehead atoms. The molecule has 0 radical (unpaired) electrons. The highest BCUT2D eigenvalue weighted by Gasteiger charge is 2.31. The lowest BCUT2D eigenvalue weighted by atomic mass is 10.1. The first-order valence-electron chi connectivity index (χ1n) is 17.8. The van der Waals surface area contributed by atoms with Crippen molar-refractivity contribution in [2.75, 3.05) is 41.0 Å². The number of hydrogen-bond acceptors (Lipinski definition) is 6. The second-order valence-electron chi connectivity index (χ2n) is 12.7. The van der Waals surface area contributed by atoms with Gasteiger partial charge in [0.15, 0.2) is 12.1 Å². The smallest absolute Gasteiger partial charge is 0.362 e. The van der Waals surface area contributed by atoms with E-state index in [2.05, 4.69) is 74.6 Å². The SMILES string of the molecule is CC/C=C/C/C=C/C/C=C/CCCC(=O)OCC(COCCC(C(=O)O)[N+](C)(C)C)OC(=O)CCCCCCC/C=C/C/C=C/CC. The van der Waals surface area contributed by atoms with Crippen LogP contribution in [0.3, 0.4) is 0 Å². The van der Waals surface area contributed by atoms with Crippen LogP contribution in [-0.2, 0) is 28.6 Å². The molecule has 2 atom stereocenters. The number of aliphatic carboxylic acids is 1. The molecule has 2 unspecified atom stereocenters. The number of carboxylic acid groups (broad SMARTS) is 1. The molecule has 268 valence electrons. The summed E-state index contributed by atoms with van der Waals surface area (Å²) in [6, 6.07) is -0.624. The highest BCUT2D eigenvalue weighted by atomic mass is 16.6. The predicted octanol–water partition coefficient (Wildman–Crippen LogP) is 8.68. The Labute approximate surface area is 286 Å². The number of esters is 2. The topological polar surface area (TPSA) is 99.1 Å². The molecular formula is C39H66NO7+. The van der Waals surface area contributed by atoms with Gasteiger partial charge in [-0.05, 0) is 64.2 Å². The summed E-state index contributed by atoms with van der Waals surface area (Å²) in [6.07, 6.45) is 34.2. The average Bonchev–Trinajstić information content (AvgIpc) is 3.01. The van der Waals surface area contributed by atoms with E-state index in [-0.39, 0.29) is 42.7 Å². The van der Waals surface area contributed by atoms with Crippen LogP contribution in [0.5, 0.6) is 0 Å². The van der Waals surface area contributed by atoms with Crippen LogP contribution in [0.4, 0.5) is 0 Å². The van der Waals surface area contributed by atoms with Crippen LogP contribution in [0.15, 0.2) is 60.8 Å². The Hall–Kier alpha value is -2.97. The van der Waals surface area contributed by atoms with Gasteiger partial charge < -0.3 is 23.8 Å². The number of ether oxygens (including phenoxy) is 3. The van der Waals surface area contributed by atoms with Gasteiger partial charge in [-0.2, -0.15) is 0 Å². The van der Waals surface area contributed by atoms with Gasteiger partial charge in [-0.25, -0.2) is 4.79 Å². The number of nitrogens with zero attached hydrogens (tertiary/aromatic N) is 1. The first-order valence-corrected chi connectivity index (χ1v) is 17.8.